The monoisotopic (exact) mass is 540 g/mol. The number of quaternary nitrogens is 1. The van der Waals surface area contributed by atoms with Crippen LogP contribution >= 0.6 is 0 Å². The van der Waals surface area contributed by atoms with E-state index in [4.69, 9.17) is 14.6 Å². The van der Waals surface area contributed by atoms with Gasteiger partial charge in [0.1, 0.15) is 6.54 Å². The van der Waals surface area contributed by atoms with Crippen molar-refractivity contribution in [2.45, 2.75) is 37.2 Å². The Morgan fingerprint density at radius 1 is 0.895 bits per heavy atom. The zero-order chi connectivity index (χ0) is 26.6. The number of aromatic nitrogens is 2. The summed E-state index contributed by atoms with van der Waals surface area (Å²) in [5.41, 5.74) is 3.45. The average molecular weight is 541 g/mol. The number of primary sulfonamides is 1. The SMILES string of the molecule is NS(=O)(=O)c1ccc(CNC(=O)CCOCCOCC[N+]23Cc4cccc[n+]4C2[n+]2ccccc2C3)cc1. The maximum Gasteiger partial charge on any atom is 0.484 e. The largest absolute Gasteiger partial charge is 0.484 e. The van der Waals surface area contributed by atoms with Crippen LogP contribution in [-0.2, 0) is 43.9 Å². The number of pyridine rings is 2. The molecule has 200 valence electrons. The minimum absolute atomic E-state index is 0.0426. The molecule has 0 aliphatic carbocycles. The number of carbonyl (C=O) groups is 1. The van der Waals surface area contributed by atoms with Crippen molar-refractivity contribution in [2.24, 2.45) is 5.14 Å². The normalized spacial score (nSPS) is 19.6. The Morgan fingerprint density at radius 2 is 1.50 bits per heavy atom. The Hall–Kier alpha value is -3.22. The second-order valence-electron chi connectivity index (χ2n) is 9.74. The van der Waals surface area contributed by atoms with Crippen LogP contribution in [0.15, 0.2) is 78.0 Å². The summed E-state index contributed by atoms with van der Waals surface area (Å²) in [6.07, 6.45) is 4.79. The number of sulfonamides is 1. The fourth-order valence-electron chi connectivity index (χ4n) is 5.32. The fourth-order valence-corrected chi connectivity index (χ4v) is 5.84. The van der Waals surface area contributed by atoms with Gasteiger partial charge in [-0.1, -0.05) is 21.3 Å². The highest BCUT2D eigenvalue weighted by Gasteiger charge is 2.64. The molecular formula is C27H34N5O5S+3. The molecule has 0 spiro atoms. The van der Waals surface area contributed by atoms with Gasteiger partial charge in [-0.2, -0.15) is 4.48 Å². The van der Waals surface area contributed by atoms with Crippen molar-refractivity contribution in [2.75, 3.05) is 33.0 Å². The van der Waals surface area contributed by atoms with Crippen LogP contribution < -0.4 is 19.6 Å². The lowest BCUT2D eigenvalue weighted by Crippen LogP contribution is -2.62. The van der Waals surface area contributed by atoms with E-state index in [2.05, 4.69) is 63.2 Å². The number of hydrogen-bond acceptors (Lipinski definition) is 5. The van der Waals surface area contributed by atoms with Gasteiger partial charge in [0.05, 0.1) is 31.3 Å². The van der Waals surface area contributed by atoms with Gasteiger partial charge in [0.25, 0.3) is 0 Å². The van der Waals surface area contributed by atoms with Gasteiger partial charge in [0.2, 0.25) is 27.3 Å². The number of fused-ring (bicyclic) bond motifs is 5. The van der Waals surface area contributed by atoms with E-state index in [-0.39, 0.29) is 23.5 Å². The summed E-state index contributed by atoms with van der Waals surface area (Å²) in [6, 6.07) is 18.9. The van der Waals surface area contributed by atoms with Gasteiger partial charge in [-0.25, -0.2) is 13.6 Å². The van der Waals surface area contributed by atoms with E-state index in [9.17, 15) is 13.2 Å². The Kier molecular flexibility index (Phi) is 7.82. The Balaban J connectivity index is 0.995. The van der Waals surface area contributed by atoms with E-state index < -0.39 is 10.0 Å². The van der Waals surface area contributed by atoms with Crippen LogP contribution in [0.5, 0.6) is 0 Å². The van der Waals surface area contributed by atoms with Crippen LogP contribution in [0.4, 0.5) is 0 Å². The highest BCUT2D eigenvalue weighted by Crippen LogP contribution is 2.33. The molecule has 2 aliphatic rings. The van der Waals surface area contributed by atoms with Gasteiger partial charge in [0, 0.05) is 37.2 Å². The summed E-state index contributed by atoms with van der Waals surface area (Å²) in [5.74, 6) is -0.138. The molecule has 0 unspecified atom stereocenters. The molecular weight excluding hydrogens is 506 g/mol. The summed E-state index contributed by atoms with van der Waals surface area (Å²) in [4.78, 5) is 12.1. The van der Waals surface area contributed by atoms with E-state index in [0.29, 0.717) is 33.0 Å². The summed E-state index contributed by atoms with van der Waals surface area (Å²) >= 11 is 0. The Morgan fingerprint density at radius 3 is 2.11 bits per heavy atom. The third-order valence-corrected chi connectivity index (χ3v) is 8.09. The number of nitrogens with one attached hydrogen (secondary N) is 1. The molecule has 1 amide bonds. The zero-order valence-electron chi connectivity index (χ0n) is 21.2. The first-order chi connectivity index (χ1) is 18.4. The summed E-state index contributed by atoms with van der Waals surface area (Å²) in [5, 5.41) is 7.89. The van der Waals surface area contributed by atoms with Gasteiger partial charge in [-0.3, -0.25) is 4.79 Å². The van der Waals surface area contributed by atoms with Crippen molar-refractivity contribution < 1.29 is 36.3 Å². The molecule has 10 nitrogen and oxygen atoms in total. The molecule has 3 aromatic rings. The minimum atomic E-state index is -3.72. The molecule has 0 fully saturated rings. The lowest BCUT2D eigenvalue weighted by atomic mass is 10.2. The first-order valence-electron chi connectivity index (χ1n) is 12.7. The van der Waals surface area contributed by atoms with E-state index in [1.165, 1.54) is 23.5 Å². The van der Waals surface area contributed by atoms with Gasteiger partial charge < -0.3 is 14.8 Å². The van der Waals surface area contributed by atoms with Crippen LogP contribution in [0.25, 0.3) is 0 Å². The number of benzene rings is 1. The predicted octanol–water partition coefficient (Wildman–Crippen LogP) is 0.497. The molecule has 0 bridgehead atoms. The summed E-state index contributed by atoms with van der Waals surface area (Å²) in [7, 11) is -3.72. The second-order valence-corrected chi connectivity index (χ2v) is 11.3. The van der Waals surface area contributed by atoms with Crippen LogP contribution in [0.2, 0.25) is 0 Å². The third-order valence-electron chi connectivity index (χ3n) is 7.17. The van der Waals surface area contributed by atoms with Crippen LogP contribution in [0.1, 0.15) is 29.7 Å². The molecule has 5 rings (SSSR count). The molecule has 3 N–H and O–H groups in total. The Bertz CT molecular complexity index is 1350. The van der Waals surface area contributed by atoms with Crippen molar-refractivity contribution >= 4 is 15.9 Å². The van der Waals surface area contributed by atoms with Gasteiger partial charge >= 0.3 is 6.29 Å². The minimum Gasteiger partial charge on any atom is -0.379 e. The van der Waals surface area contributed by atoms with Gasteiger partial charge in [-0.15, -0.1) is 0 Å². The molecule has 0 saturated carbocycles. The predicted molar refractivity (Wildman–Crippen MR) is 136 cm³/mol. The smallest absolute Gasteiger partial charge is 0.379 e. The molecule has 38 heavy (non-hydrogen) atoms. The molecule has 11 heteroatoms. The number of amides is 1. The van der Waals surface area contributed by atoms with Crippen molar-refractivity contribution in [3.63, 3.8) is 0 Å². The number of carbonyl (C=O) groups excluding carboxylic acids is 1. The lowest BCUT2D eigenvalue weighted by molar-refractivity contribution is -1.16. The highest BCUT2D eigenvalue weighted by molar-refractivity contribution is 7.89. The molecule has 0 saturated heterocycles. The number of nitrogens with two attached hydrogens (primary N) is 1. The maximum absolute atomic E-state index is 12.1. The highest BCUT2D eigenvalue weighted by atomic mass is 32.2. The second kappa shape index (κ2) is 11.3. The average Bonchev–Trinajstić information content (AvgIpc) is 3.39. The fraction of sp³-hybridized carbons (Fsp3) is 0.370. The van der Waals surface area contributed by atoms with E-state index >= 15 is 0 Å². The van der Waals surface area contributed by atoms with Gasteiger partial charge in [-0.05, 0) is 29.8 Å². The Labute approximate surface area is 222 Å². The topological polar surface area (TPSA) is 115 Å². The van der Waals surface area contributed by atoms with Gasteiger partial charge in [0.15, 0.2) is 25.5 Å². The van der Waals surface area contributed by atoms with Crippen LogP contribution in [-0.4, -0.2) is 51.8 Å². The molecule has 1 aromatic carbocycles. The molecule has 2 aromatic heterocycles. The van der Waals surface area contributed by atoms with Crippen molar-refractivity contribution in [1.29, 1.82) is 0 Å². The number of hydrogen-bond donors (Lipinski definition) is 2. The molecule has 4 heterocycles. The van der Waals surface area contributed by atoms with E-state index in [0.717, 1.165) is 29.7 Å². The van der Waals surface area contributed by atoms with E-state index in [1.54, 1.807) is 12.1 Å². The van der Waals surface area contributed by atoms with Crippen molar-refractivity contribution in [1.82, 2.24) is 5.32 Å². The first-order valence-corrected chi connectivity index (χ1v) is 14.3. The first kappa shape index (κ1) is 26.4. The lowest BCUT2D eigenvalue weighted by Gasteiger charge is -2.24. The number of nitrogens with zero attached hydrogens (tertiary/aromatic N) is 3. The quantitative estimate of drug-likeness (QED) is 0.197. The van der Waals surface area contributed by atoms with Crippen molar-refractivity contribution in [3.8, 4) is 0 Å². The van der Waals surface area contributed by atoms with E-state index in [1.807, 2.05) is 0 Å². The molecule has 0 atom stereocenters. The standard InChI is InChI=1S/C27H33N5O5S/c28-38(34,35)25-9-7-22(8-10-25)19-29-26(33)11-15-36-17-18-37-16-14-32-20-23-5-1-3-12-30(23)27(32)31-13-4-2-6-24(31)21-32/h1-10,12-13,27H,11,14-21H2,(H2-,28,29,33,34,35)/q+2/p+1. The number of rotatable bonds is 12. The third kappa shape index (κ3) is 5.77. The van der Waals surface area contributed by atoms with Crippen molar-refractivity contribution in [3.05, 3.63) is 90.0 Å². The molecule has 0 radical (unpaired) electrons. The van der Waals surface area contributed by atoms with Crippen LogP contribution in [0, 0.1) is 0 Å². The zero-order valence-corrected chi connectivity index (χ0v) is 22.1. The molecule has 2 aliphatic heterocycles. The number of ether oxygens (including phenoxy) is 2. The summed E-state index contributed by atoms with van der Waals surface area (Å²) < 4.78 is 39.8. The van der Waals surface area contributed by atoms with Crippen LogP contribution in [0.3, 0.4) is 0 Å². The summed E-state index contributed by atoms with van der Waals surface area (Å²) in [6.45, 7) is 4.98. The maximum atomic E-state index is 12.1.